The van der Waals surface area contributed by atoms with Crippen molar-refractivity contribution in [3.05, 3.63) is 29.8 Å². The lowest BCUT2D eigenvalue weighted by Gasteiger charge is -2.45. The highest BCUT2D eigenvalue weighted by molar-refractivity contribution is 6.04. The standard InChI is InChI=1S/C15H21NO/c1-11(2)10-16-13-8-6-5-7-12(13)14(17)9-15(16,3)4/h5-8,11H,9-10H2,1-4H3. The smallest absolute Gasteiger partial charge is 0.167 e. The minimum atomic E-state index is -0.0737. The number of anilines is 1. The lowest BCUT2D eigenvalue weighted by Crippen LogP contribution is -2.50. The molecule has 1 aliphatic rings. The molecule has 1 aromatic carbocycles. The Bertz CT molecular complexity index is 434. The topological polar surface area (TPSA) is 20.3 Å². The van der Waals surface area contributed by atoms with Crippen LogP contribution in [0.15, 0.2) is 24.3 Å². The molecule has 0 saturated heterocycles. The fourth-order valence-corrected chi connectivity index (χ4v) is 2.57. The highest BCUT2D eigenvalue weighted by atomic mass is 16.1. The van der Waals surface area contributed by atoms with Crippen LogP contribution in [0.3, 0.4) is 0 Å². The first-order chi connectivity index (χ1) is 7.92. The molecule has 0 bridgehead atoms. The van der Waals surface area contributed by atoms with E-state index in [1.54, 1.807) is 0 Å². The Kier molecular flexibility index (Phi) is 2.98. The number of Topliss-reactive ketones (excluding diaryl/α,β-unsaturated/α-hetero) is 1. The van der Waals surface area contributed by atoms with E-state index >= 15 is 0 Å². The van der Waals surface area contributed by atoms with Crippen LogP contribution >= 0.6 is 0 Å². The summed E-state index contributed by atoms with van der Waals surface area (Å²) in [4.78, 5) is 14.5. The van der Waals surface area contributed by atoms with Crippen molar-refractivity contribution in [3.8, 4) is 0 Å². The van der Waals surface area contributed by atoms with Gasteiger partial charge in [0, 0.05) is 29.8 Å². The van der Waals surface area contributed by atoms with E-state index in [4.69, 9.17) is 0 Å². The Morgan fingerprint density at radius 3 is 2.59 bits per heavy atom. The zero-order chi connectivity index (χ0) is 12.6. The molecule has 0 aliphatic carbocycles. The van der Waals surface area contributed by atoms with Crippen molar-refractivity contribution in [1.82, 2.24) is 0 Å². The average Bonchev–Trinajstić information content (AvgIpc) is 2.23. The van der Waals surface area contributed by atoms with Crippen LogP contribution in [-0.4, -0.2) is 17.9 Å². The van der Waals surface area contributed by atoms with Gasteiger partial charge in [0.2, 0.25) is 0 Å². The fourth-order valence-electron chi connectivity index (χ4n) is 2.57. The van der Waals surface area contributed by atoms with Crippen molar-refractivity contribution in [2.75, 3.05) is 11.4 Å². The van der Waals surface area contributed by atoms with Crippen molar-refractivity contribution in [2.45, 2.75) is 39.7 Å². The summed E-state index contributed by atoms with van der Waals surface area (Å²) in [6.07, 6.45) is 0.608. The monoisotopic (exact) mass is 231 g/mol. The van der Waals surface area contributed by atoms with Crippen LogP contribution in [-0.2, 0) is 0 Å². The summed E-state index contributed by atoms with van der Waals surface area (Å²) in [6, 6.07) is 7.97. The molecule has 17 heavy (non-hydrogen) atoms. The maximum atomic E-state index is 12.1. The minimum absolute atomic E-state index is 0.0737. The molecule has 2 rings (SSSR count). The van der Waals surface area contributed by atoms with Gasteiger partial charge in [-0.25, -0.2) is 0 Å². The molecule has 0 fully saturated rings. The number of rotatable bonds is 2. The first-order valence-corrected chi connectivity index (χ1v) is 6.31. The third-order valence-corrected chi connectivity index (χ3v) is 3.37. The molecule has 2 nitrogen and oxygen atoms in total. The minimum Gasteiger partial charge on any atom is -0.365 e. The second-order valence-corrected chi connectivity index (χ2v) is 5.93. The molecule has 0 spiro atoms. The van der Waals surface area contributed by atoms with Gasteiger partial charge in [0.1, 0.15) is 0 Å². The van der Waals surface area contributed by atoms with Crippen LogP contribution in [0.2, 0.25) is 0 Å². The van der Waals surface area contributed by atoms with Gasteiger partial charge in [-0.3, -0.25) is 4.79 Å². The summed E-state index contributed by atoms with van der Waals surface area (Å²) >= 11 is 0. The van der Waals surface area contributed by atoms with Crippen molar-refractivity contribution in [2.24, 2.45) is 5.92 Å². The van der Waals surface area contributed by atoms with Crippen LogP contribution < -0.4 is 4.90 Å². The van der Waals surface area contributed by atoms with Crippen molar-refractivity contribution >= 4 is 11.5 Å². The van der Waals surface area contributed by atoms with Crippen LogP contribution in [0.4, 0.5) is 5.69 Å². The van der Waals surface area contributed by atoms with Crippen LogP contribution in [0.5, 0.6) is 0 Å². The van der Waals surface area contributed by atoms with Gasteiger partial charge in [0.05, 0.1) is 0 Å². The number of hydrogen-bond acceptors (Lipinski definition) is 2. The van der Waals surface area contributed by atoms with E-state index in [9.17, 15) is 4.79 Å². The Balaban J connectivity index is 2.47. The highest BCUT2D eigenvalue weighted by Crippen LogP contribution is 2.36. The van der Waals surface area contributed by atoms with E-state index < -0.39 is 0 Å². The molecule has 1 aliphatic heterocycles. The van der Waals surface area contributed by atoms with Crippen molar-refractivity contribution in [3.63, 3.8) is 0 Å². The van der Waals surface area contributed by atoms with E-state index in [1.165, 1.54) is 0 Å². The second-order valence-electron chi connectivity index (χ2n) is 5.93. The van der Waals surface area contributed by atoms with Crippen LogP contribution in [0.25, 0.3) is 0 Å². The summed E-state index contributed by atoms with van der Waals surface area (Å²) in [6.45, 7) is 9.74. The Morgan fingerprint density at radius 1 is 1.29 bits per heavy atom. The molecule has 0 aromatic heterocycles. The van der Waals surface area contributed by atoms with Crippen LogP contribution in [0, 0.1) is 5.92 Å². The fraction of sp³-hybridized carbons (Fsp3) is 0.533. The van der Waals surface area contributed by atoms with Gasteiger partial charge in [-0.2, -0.15) is 0 Å². The number of fused-ring (bicyclic) bond motifs is 1. The molecule has 0 N–H and O–H groups in total. The molecule has 1 aromatic rings. The van der Waals surface area contributed by atoms with Gasteiger partial charge in [0.25, 0.3) is 0 Å². The quantitative estimate of drug-likeness (QED) is 0.776. The maximum Gasteiger partial charge on any atom is 0.167 e. The summed E-state index contributed by atoms with van der Waals surface area (Å²) in [5.41, 5.74) is 1.91. The third-order valence-electron chi connectivity index (χ3n) is 3.37. The number of carbonyl (C=O) groups is 1. The number of benzene rings is 1. The predicted molar refractivity (Wildman–Crippen MR) is 71.7 cm³/mol. The molecular formula is C15H21NO. The Morgan fingerprint density at radius 2 is 1.94 bits per heavy atom. The van der Waals surface area contributed by atoms with Gasteiger partial charge in [-0.15, -0.1) is 0 Å². The lowest BCUT2D eigenvalue weighted by molar-refractivity contribution is 0.0946. The van der Waals surface area contributed by atoms with Gasteiger partial charge in [0.15, 0.2) is 5.78 Å². The van der Waals surface area contributed by atoms with Crippen LogP contribution in [0.1, 0.15) is 44.5 Å². The molecule has 2 heteroatoms. The second kappa shape index (κ2) is 4.17. The van der Waals surface area contributed by atoms with Gasteiger partial charge < -0.3 is 4.90 Å². The predicted octanol–water partition coefficient (Wildman–Crippen LogP) is 3.51. The number of nitrogens with zero attached hydrogens (tertiary/aromatic N) is 1. The highest BCUT2D eigenvalue weighted by Gasteiger charge is 2.36. The lowest BCUT2D eigenvalue weighted by atomic mass is 9.85. The maximum absolute atomic E-state index is 12.1. The third kappa shape index (κ3) is 2.21. The number of para-hydroxylation sites is 1. The normalized spacial score (nSPS) is 18.4. The molecule has 0 atom stereocenters. The zero-order valence-corrected chi connectivity index (χ0v) is 11.2. The zero-order valence-electron chi connectivity index (χ0n) is 11.2. The molecular weight excluding hydrogens is 210 g/mol. The van der Waals surface area contributed by atoms with Gasteiger partial charge in [-0.05, 0) is 31.9 Å². The molecule has 0 amide bonds. The molecule has 92 valence electrons. The number of ketones is 1. The SMILES string of the molecule is CC(C)CN1c2ccccc2C(=O)CC1(C)C. The molecule has 1 heterocycles. The van der Waals surface area contributed by atoms with E-state index in [0.717, 1.165) is 17.8 Å². The summed E-state index contributed by atoms with van der Waals surface area (Å²) in [5, 5.41) is 0. The summed E-state index contributed by atoms with van der Waals surface area (Å²) in [5.74, 6) is 0.862. The number of carbonyl (C=O) groups excluding carboxylic acids is 1. The average molecular weight is 231 g/mol. The van der Waals surface area contributed by atoms with Crippen molar-refractivity contribution in [1.29, 1.82) is 0 Å². The molecule has 0 unspecified atom stereocenters. The van der Waals surface area contributed by atoms with E-state index in [1.807, 2.05) is 18.2 Å². The summed E-state index contributed by atoms with van der Waals surface area (Å²) < 4.78 is 0. The molecule has 0 radical (unpaired) electrons. The van der Waals surface area contributed by atoms with E-state index in [-0.39, 0.29) is 11.3 Å². The van der Waals surface area contributed by atoms with Crippen molar-refractivity contribution < 1.29 is 4.79 Å². The number of hydrogen-bond donors (Lipinski definition) is 0. The van der Waals surface area contributed by atoms with E-state index in [0.29, 0.717) is 12.3 Å². The van der Waals surface area contributed by atoms with E-state index in [2.05, 4.69) is 38.7 Å². The van der Waals surface area contributed by atoms with Gasteiger partial charge >= 0.3 is 0 Å². The first kappa shape index (κ1) is 12.2. The Labute approximate surface area is 104 Å². The Hall–Kier alpha value is -1.31. The molecule has 0 saturated carbocycles. The largest absolute Gasteiger partial charge is 0.365 e. The summed E-state index contributed by atoms with van der Waals surface area (Å²) in [7, 11) is 0. The first-order valence-electron chi connectivity index (χ1n) is 6.31. The van der Waals surface area contributed by atoms with Gasteiger partial charge in [-0.1, -0.05) is 26.0 Å².